The third-order valence-electron chi connectivity index (χ3n) is 3.54. The lowest BCUT2D eigenvalue weighted by molar-refractivity contribution is -0.203. The summed E-state index contributed by atoms with van der Waals surface area (Å²) < 4.78 is 76.2. The lowest BCUT2D eigenvalue weighted by Gasteiger charge is -2.35. The van der Waals surface area contributed by atoms with Crippen LogP contribution in [0.3, 0.4) is 0 Å². The molecule has 1 fully saturated rings. The monoisotopic (exact) mass is 383 g/mol. The highest BCUT2D eigenvalue weighted by atomic mass is 79.9. The summed E-state index contributed by atoms with van der Waals surface area (Å²) in [5, 5.41) is 0.0816. The van der Waals surface area contributed by atoms with Gasteiger partial charge in [0.05, 0.1) is 5.92 Å². The quantitative estimate of drug-likeness (QED) is 0.527. The fraction of sp³-hybridized carbons (Fsp3) is 0.917. The highest BCUT2D eigenvalue weighted by molar-refractivity contribution is 9.09. The van der Waals surface area contributed by atoms with E-state index >= 15 is 0 Å². The second-order valence-corrected chi connectivity index (χ2v) is 5.90. The molecule has 0 radical (unpaired) electrons. The number of alkyl halides is 7. The van der Waals surface area contributed by atoms with Crippen molar-refractivity contribution in [1.82, 2.24) is 4.90 Å². The first kappa shape index (κ1) is 18.6. The second kappa shape index (κ2) is 7.19. The van der Waals surface area contributed by atoms with Gasteiger partial charge < -0.3 is 4.90 Å². The molecule has 0 aromatic heterocycles. The van der Waals surface area contributed by atoms with E-state index in [-0.39, 0.29) is 24.7 Å². The normalized spacial score (nSPS) is 24.0. The molecule has 0 N–H and O–H groups in total. The van der Waals surface area contributed by atoms with E-state index in [2.05, 4.69) is 15.9 Å². The Kier molecular flexibility index (Phi) is 6.36. The van der Waals surface area contributed by atoms with Crippen LogP contribution in [0.2, 0.25) is 0 Å². The van der Waals surface area contributed by atoms with Crippen molar-refractivity contribution in [2.24, 2.45) is 11.8 Å². The molecular formula is C12H16BrF6NO. The van der Waals surface area contributed by atoms with Crippen molar-refractivity contribution in [3.63, 3.8) is 0 Å². The van der Waals surface area contributed by atoms with Crippen LogP contribution in [0.15, 0.2) is 0 Å². The van der Waals surface area contributed by atoms with Crippen molar-refractivity contribution in [2.75, 3.05) is 18.4 Å². The van der Waals surface area contributed by atoms with Gasteiger partial charge in [0.15, 0.2) is 0 Å². The van der Waals surface area contributed by atoms with Crippen molar-refractivity contribution >= 4 is 21.8 Å². The van der Waals surface area contributed by atoms with Crippen LogP contribution in [-0.2, 0) is 4.79 Å². The molecule has 0 aliphatic heterocycles. The molecular weight excluding hydrogens is 368 g/mol. The van der Waals surface area contributed by atoms with E-state index in [1.807, 2.05) is 0 Å². The number of amides is 1. The molecule has 0 saturated heterocycles. The maximum absolute atomic E-state index is 12.9. The van der Waals surface area contributed by atoms with Gasteiger partial charge in [0, 0.05) is 17.8 Å². The topological polar surface area (TPSA) is 20.3 Å². The van der Waals surface area contributed by atoms with Crippen LogP contribution >= 0.6 is 15.9 Å². The van der Waals surface area contributed by atoms with Crippen LogP contribution in [0.25, 0.3) is 0 Å². The molecule has 124 valence electrons. The van der Waals surface area contributed by atoms with Gasteiger partial charge in [-0.25, -0.2) is 0 Å². The Labute approximate surface area is 127 Å². The predicted molar refractivity (Wildman–Crippen MR) is 67.9 cm³/mol. The van der Waals surface area contributed by atoms with Crippen molar-refractivity contribution < 1.29 is 31.1 Å². The first-order valence-corrected chi connectivity index (χ1v) is 7.66. The molecule has 9 heteroatoms. The zero-order valence-corrected chi connectivity index (χ0v) is 12.7. The Morgan fingerprint density at radius 2 is 1.67 bits per heavy atom. The smallest absolute Gasteiger partial charge is 0.333 e. The molecule has 2 nitrogen and oxygen atoms in total. The average molecular weight is 384 g/mol. The molecule has 1 aliphatic rings. The van der Waals surface area contributed by atoms with Crippen LogP contribution in [0.4, 0.5) is 26.3 Å². The minimum atomic E-state index is -4.62. The first-order valence-electron chi connectivity index (χ1n) is 6.54. The SMILES string of the molecule is O=C(C1CCCCC1C(F)(F)F)N(CCBr)CC(F)(F)F. The molecule has 0 spiro atoms. The molecule has 0 aromatic carbocycles. The van der Waals surface area contributed by atoms with E-state index in [1.165, 1.54) is 0 Å². The molecule has 1 amide bonds. The van der Waals surface area contributed by atoms with Crippen LogP contribution in [-0.4, -0.2) is 41.6 Å². The highest BCUT2D eigenvalue weighted by Crippen LogP contribution is 2.42. The maximum Gasteiger partial charge on any atom is 0.406 e. The summed E-state index contributed by atoms with van der Waals surface area (Å²) in [4.78, 5) is 12.6. The highest BCUT2D eigenvalue weighted by Gasteiger charge is 2.49. The molecule has 1 rings (SSSR count). The zero-order chi connectivity index (χ0) is 16.3. The van der Waals surface area contributed by atoms with E-state index in [0.29, 0.717) is 17.7 Å². The lowest BCUT2D eigenvalue weighted by atomic mass is 9.78. The van der Waals surface area contributed by atoms with Gasteiger partial charge in [-0.15, -0.1) is 0 Å². The van der Waals surface area contributed by atoms with E-state index in [4.69, 9.17) is 0 Å². The summed E-state index contributed by atoms with van der Waals surface area (Å²) in [6.07, 6.45) is -8.63. The van der Waals surface area contributed by atoms with E-state index in [0.717, 1.165) is 0 Å². The molecule has 0 heterocycles. The van der Waals surface area contributed by atoms with Gasteiger partial charge in [0.25, 0.3) is 0 Å². The summed E-state index contributed by atoms with van der Waals surface area (Å²) in [5.41, 5.74) is 0. The van der Waals surface area contributed by atoms with Crippen molar-refractivity contribution in [3.05, 3.63) is 0 Å². The van der Waals surface area contributed by atoms with Crippen molar-refractivity contribution in [2.45, 2.75) is 38.0 Å². The Bertz CT molecular complexity index is 357. The third-order valence-corrected chi connectivity index (χ3v) is 3.89. The van der Waals surface area contributed by atoms with Gasteiger partial charge in [0.1, 0.15) is 6.54 Å². The van der Waals surface area contributed by atoms with Crippen LogP contribution < -0.4 is 0 Å². The minimum Gasteiger partial charge on any atom is -0.333 e. The number of rotatable bonds is 4. The number of halogens is 7. The number of carbonyl (C=O) groups excluding carboxylic acids is 1. The summed E-state index contributed by atoms with van der Waals surface area (Å²) in [6, 6.07) is 0. The van der Waals surface area contributed by atoms with Crippen LogP contribution in [0.5, 0.6) is 0 Å². The molecule has 2 unspecified atom stereocenters. The molecule has 1 saturated carbocycles. The summed E-state index contributed by atoms with van der Waals surface area (Å²) >= 11 is 2.92. The number of nitrogens with zero attached hydrogens (tertiary/aromatic N) is 1. The van der Waals surface area contributed by atoms with Crippen LogP contribution in [0, 0.1) is 11.8 Å². The predicted octanol–water partition coefficient (Wildman–Crippen LogP) is 4.14. The second-order valence-electron chi connectivity index (χ2n) is 5.10. The van der Waals surface area contributed by atoms with E-state index in [9.17, 15) is 31.1 Å². The lowest BCUT2D eigenvalue weighted by Crippen LogP contribution is -2.48. The largest absolute Gasteiger partial charge is 0.406 e. The summed E-state index contributed by atoms with van der Waals surface area (Å²) in [5.74, 6) is -4.29. The fourth-order valence-electron chi connectivity index (χ4n) is 2.64. The summed E-state index contributed by atoms with van der Waals surface area (Å²) in [7, 11) is 0. The van der Waals surface area contributed by atoms with Gasteiger partial charge in [0.2, 0.25) is 5.91 Å². The number of hydrogen-bond acceptors (Lipinski definition) is 1. The molecule has 0 aromatic rings. The van der Waals surface area contributed by atoms with Gasteiger partial charge >= 0.3 is 12.4 Å². The van der Waals surface area contributed by atoms with Crippen molar-refractivity contribution in [3.8, 4) is 0 Å². The maximum atomic E-state index is 12.9. The molecule has 2 atom stereocenters. The molecule has 1 aliphatic carbocycles. The Morgan fingerprint density at radius 3 is 2.14 bits per heavy atom. The Morgan fingerprint density at radius 1 is 1.10 bits per heavy atom. The summed E-state index contributed by atoms with van der Waals surface area (Å²) in [6.45, 7) is -1.78. The standard InChI is InChI=1S/C12H16BrF6NO/c13-5-6-20(7-11(14,15)16)10(21)8-3-1-2-4-9(8)12(17,18)19/h8-9H,1-7H2. The fourth-order valence-corrected chi connectivity index (χ4v) is 3.07. The third kappa shape index (κ3) is 5.67. The van der Waals surface area contributed by atoms with E-state index in [1.54, 1.807) is 0 Å². The average Bonchev–Trinajstić information content (AvgIpc) is 2.35. The number of hydrogen-bond donors (Lipinski definition) is 0. The van der Waals surface area contributed by atoms with Gasteiger partial charge in [-0.1, -0.05) is 28.8 Å². The Hall–Kier alpha value is -0.470. The minimum absolute atomic E-state index is 0.0142. The molecule has 0 bridgehead atoms. The van der Waals surface area contributed by atoms with Gasteiger partial charge in [-0.05, 0) is 12.8 Å². The zero-order valence-electron chi connectivity index (χ0n) is 11.1. The number of carbonyl (C=O) groups is 1. The van der Waals surface area contributed by atoms with Crippen molar-refractivity contribution in [1.29, 1.82) is 0 Å². The van der Waals surface area contributed by atoms with E-state index < -0.39 is 36.6 Å². The van der Waals surface area contributed by atoms with Crippen LogP contribution in [0.1, 0.15) is 25.7 Å². The van der Waals surface area contributed by atoms with Gasteiger partial charge in [-0.3, -0.25) is 4.79 Å². The Balaban J connectivity index is 2.89. The molecule has 21 heavy (non-hydrogen) atoms. The van der Waals surface area contributed by atoms with Gasteiger partial charge in [-0.2, -0.15) is 26.3 Å². The first-order chi connectivity index (χ1) is 9.56.